The van der Waals surface area contributed by atoms with E-state index in [0.717, 1.165) is 31.6 Å². The van der Waals surface area contributed by atoms with E-state index in [-0.39, 0.29) is 0 Å². The van der Waals surface area contributed by atoms with Crippen molar-refractivity contribution in [3.05, 3.63) is 22.5 Å². The summed E-state index contributed by atoms with van der Waals surface area (Å²) in [6, 6.07) is 0.471. The van der Waals surface area contributed by atoms with Crippen LogP contribution in [0, 0.1) is 0 Å². The second-order valence-electron chi connectivity index (χ2n) is 3.83. The first kappa shape index (κ1) is 13.0. The number of hydrogen-bond acceptors (Lipinski definition) is 7. The SMILES string of the molecule is CCCNCc1nnc(NCCc2cscn2)o1. The summed E-state index contributed by atoms with van der Waals surface area (Å²) in [5.41, 5.74) is 2.91. The van der Waals surface area contributed by atoms with E-state index >= 15 is 0 Å². The molecule has 0 aliphatic carbocycles. The van der Waals surface area contributed by atoms with Crippen molar-refractivity contribution in [2.24, 2.45) is 0 Å². The Hall–Kier alpha value is -1.47. The van der Waals surface area contributed by atoms with Crippen LogP contribution in [-0.2, 0) is 13.0 Å². The number of anilines is 1. The first-order valence-electron chi connectivity index (χ1n) is 6.02. The van der Waals surface area contributed by atoms with E-state index in [4.69, 9.17) is 4.42 Å². The molecule has 0 amide bonds. The average molecular weight is 267 g/mol. The average Bonchev–Trinajstić information content (AvgIpc) is 3.01. The molecule has 2 rings (SSSR count). The van der Waals surface area contributed by atoms with Gasteiger partial charge in [0.05, 0.1) is 17.7 Å². The van der Waals surface area contributed by atoms with Crippen molar-refractivity contribution in [1.29, 1.82) is 0 Å². The highest BCUT2D eigenvalue weighted by molar-refractivity contribution is 7.07. The molecule has 2 heterocycles. The molecule has 0 spiro atoms. The van der Waals surface area contributed by atoms with E-state index in [1.54, 1.807) is 11.3 Å². The molecule has 0 aromatic carbocycles. The molecule has 18 heavy (non-hydrogen) atoms. The van der Waals surface area contributed by atoms with Crippen LogP contribution >= 0.6 is 11.3 Å². The van der Waals surface area contributed by atoms with Gasteiger partial charge in [0.15, 0.2) is 0 Å². The van der Waals surface area contributed by atoms with Crippen LogP contribution < -0.4 is 10.6 Å². The standard InChI is InChI=1S/C11H17N5OS/c1-2-4-12-6-10-15-16-11(17-10)13-5-3-9-7-18-8-14-9/h7-8,12H,2-6H2,1H3,(H,13,16). The first-order valence-corrected chi connectivity index (χ1v) is 6.97. The van der Waals surface area contributed by atoms with Crippen molar-refractivity contribution >= 4 is 17.4 Å². The molecule has 6 nitrogen and oxygen atoms in total. The minimum absolute atomic E-state index is 0.471. The molecule has 0 fully saturated rings. The fourth-order valence-electron chi connectivity index (χ4n) is 1.43. The highest BCUT2D eigenvalue weighted by Crippen LogP contribution is 2.06. The molecule has 0 saturated carbocycles. The van der Waals surface area contributed by atoms with Crippen molar-refractivity contribution in [1.82, 2.24) is 20.5 Å². The second-order valence-corrected chi connectivity index (χ2v) is 4.55. The lowest BCUT2D eigenvalue weighted by Crippen LogP contribution is -2.13. The van der Waals surface area contributed by atoms with Gasteiger partial charge in [-0.15, -0.1) is 16.4 Å². The zero-order valence-corrected chi connectivity index (χ0v) is 11.2. The van der Waals surface area contributed by atoms with Crippen molar-refractivity contribution in [2.45, 2.75) is 26.3 Å². The molecular weight excluding hydrogens is 250 g/mol. The lowest BCUT2D eigenvalue weighted by molar-refractivity contribution is 0.477. The fraction of sp³-hybridized carbons (Fsp3) is 0.545. The quantitative estimate of drug-likeness (QED) is 0.709. The Morgan fingerprint density at radius 3 is 3.06 bits per heavy atom. The van der Waals surface area contributed by atoms with Crippen LogP contribution in [0.25, 0.3) is 0 Å². The Morgan fingerprint density at radius 2 is 2.28 bits per heavy atom. The Balaban J connectivity index is 1.69. The highest BCUT2D eigenvalue weighted by atomic mass is 32.1. The molecule has 0 aliphatic heterocycles. The zero-order valence-electron chi connectivity index (χ0n) is 10.3. The maximum absolute atomic E-state index is 5.44. The van der Waals surface area contributed by atoms with Crippen molar-refractivity contribution < 1.29 is 4.42 Å². The number of hydrogen-bond donors (Lipinski definition) is 2. The third kappa shape index (κ3) is 4.08. The molecule has 0 bridgehead atoms. The number of rotatable bonds is 8. The van der Waals surface area contributed by atoms with Crippen LogP contribution in [0.15, 0.2) is 15.3 Å². The molecule has 0 aliphatic rings. The summed E-state index contributed by atoms with van der Waals surface area (Å²) < 4.78 is 5.44. The summed E-state index contributed by atoms with van der Waals surface area (Å²) in [5, 5.41) is 16.2. The van der Waals surface area contributed by atoms with Gasteiger partial charge in [0.1, 0.15) is 0 Å². The van der Waals surface area contributed by atoms with Gasteiger partial charge in [-0.3, -0.25) is 0 Å². The van der Waals surface area contributed by atoms with Gasteiger partial charge in [-0.25, -0.2) is 4.98 Å². The van der Waals surface area contributed by atoms with E-state index < -0.39 is 0 Å². The van der Waals surface area contributed by atoms with Crippen LogP contribution in [0.2, 0.25) is 0 Å². The van der Waals surface area contributed by atoms with Crippen LogP contribution in [0.4, 0.5) is 6.01 Å². The fourth-order valence-corrected chi connectivity index (χ4v) is 2.02. The molecule has 7 heteroatoms. The monoisotopic (exact) mass is 267 g/mol. The van der Waals surface area contributed by atoms with Gasteiger partial charge in [-0.1, -0.05) is 12.0 Å². The predicted molar refractivity (Wildman–Crippen MR) is 70.6 cm³/mol. The van der Waals surface area contributed by atoms with Gasteiger partial charge in [0, 0.05) is 18.3 Å². The van der Waals surface area contributed by atoms with Gasteiger partial charge >= 0.3 is 6.01 Å². The van der Waals surface area contributed by atoms with Crippen molar-refractivity contribution in [3.63, 3.8) is 0 Å². The largest absolute Gasteiger partial charge is 0.407 e. The molecule has 2 N–H and O–H groups in total. The molecule has 2 aromatic heterocycles. The van der Waals surface area contributed by atoms with Crippen LogP contribution in [0.5, 0.6) is 0 Å². The molecule has 0 saturated heterocycles. The highest BCUT2D eigenvalue weighted by Gasteiger charge is 2.04. The van der Waals surface area contributed by atoms with Crippen LogP contribution in [0.3, 0.4) is 0 Å². The molecule has 0 unspecified atom stereocenters. The summed E-state index contributed by atoms with van der Waals surface area (Å²) >= 11 is 1.60. The molecule has 0 radical (unpaired) electrons. The topological polar surface area (TPSA) is 75.9 Å². The normalized spacial score (nSPS) is 10.7. The maximum atomic E-state index is 5.44. The lowest BCUT2D eigenvalue weighted by Gasteiger charge is -1.99. The van der Waals surface area contributed by atoms with E-state index in [1.165, 1.54) is 0 Å². The number of nitrogens with zero attached hydrogens (tertiary/aromatic N) is 3. The van der Waals surface area contributed by atoms with Gasteiger partial charge in [-0.05, 0) is 13.0 Å². The van der Waals surface area contributed by atoms with Gasteiger partial charge in [-0.2, -0.15) is 0 Å². The van der Waals surface area contributed by atoms with Crippen LogP contribution in [0.1, 0.15) is 24.9 Å². The number of aromatic nitrogens is 3. The number of thiazole rings is 1. The van der Waals surface area contributed by atoms with E-state index in [0.29, 0.717) is 18.5 Å². The smallest absolute Gasteiger partial charge is 0.315 e. The van der Waals surface area contributed by atoms with Crippen molar-refractivity contribution in [2.75, 3.05) is 18.4 Å². The Labute approximate surface area is 110 Å². The second kappa shape index (κ2) is 7.07. The third-order valence-corrected chi connectivity index (χ3v) is 2.95. The maximum Gasteiger partial charge on any atom is 0.315 e. The Kier molecular flexibility index (Phi) is 5.10. The van der Waals surface area contributed by atoms with E-state index in [9.17, 15) is 0 Å². The minimum Gasteiger partial charge on any atom is -0.407 e. The molecule has 0 atom stereocenters. The summed E-state index contributed by atoms with van der Waals surface area (Å²) in [5.74, 6) is 0.611. The Morgan fingerprint density at radius 1 is 1.33 bits per heavy atom. The van der Waals surface area contributed by atoms with E-state index in [2.05, 4.69) is 32.7 Å². The lowest BCUT2D eigenvalue weighted by atomic mass is 10.3. The van der Waals surface area contributed by atoms with Crippen LogP contribution in [-0.4, -0.2) is 28.3 Å². The summed E-state index contributed by atoms with van der Waals surface area (Å²) in [4.78, 5) is 4.20. The molecule has 2 aromatic rings. The molecule has 98 valence electrons. The van der Waals surface area contributed by atoms with Gasteiger partial charge in [0.25, 0.3) is 0 Å². The van der Waals surface area contributed by atoms with Gasteiger partial charge < -0.3 is 15.1 Å². The summed E-state index contributed by atoms with van der Waals surface area (Å²) in [6.45, 7) is 4.43. The number of nitrogens with one attached hydrogen (secondary N) is 2. The van der Waals surface area contributed by atoms with Gasteiger partial charge in [0.2, 0.25) is 5.89 Å². The van der Waals surface area contributed by atoms with Crippen molar-refractivity contribution in [3.8, 4) is 0 Å². The van der Waals surface area contributed by atoms with E-state index in [1.807, 2.05) is 10.9 Å². The zero-order chi connectivity index (χ0) is 12.6. The third-order valence-electron chi connectivity index (χ3n) is 2.31. The minimum atomic E-state index is 0.471. The summed E-state index contributed by atoms with van der Waals surface area (Å²) in [6.07, 6.45) is 1.95. The summed E-state index contributed by atoms with van der Waals surface area (Å²) in [7, 11) is 0. The first-order chi connectivity index (χ1) is 8.88. The predicted octanol–water partition coefficient (Wildman–Crippen LogP) is 1.68. The molecular formula is C11H17N5OS. The Bertz CT molecular complexity index is 442.